The lowest BCUT2D eigenvalue weighted by Gasteiger charge is -2.11. The van der Waals surface area contributed by atoms with Crippen molar-refractivity contribution in [1.29, 1.82) is 0 Å². The van der Waals surface area contributed by atoms with Gasteiger partial charge >= 0.3 is 5.97 Å². The maximum absolute atomic E-state index is 12.5. The number of rotatable bonds is 4. The normalized spacial score (nSPS) is 16.1. The van der Waals surface area contributed by atoms with Gasteiger partial charge in [-0.1, -0.05) is 23.7 Å². The number of amides is 1. The Labute approximate surface area is 194 Å². The Morgan fingerprint density at radius 2 is 1.94 bits per heavy atom. The summed E-state index contributed by atoms with van der Waals surface area (Å²) >= 11 is 7.30. The Morgan fingerprint density at radius 1 is 1.16 bits per heavy atom. The Bertz CT molecular complexity index is 1320. The average molecular weight is 466 g/mol. The summed E-state index contributed by atoms with van der Waals surface area (Å²) < 4.78 is 1.94. The number of nitrogens with one attached hydrogen (secondary N) is 1. The van der Waals surface area contributed by atoms with Gasteiger partial charge in [0.15, 0.2) is 5.17 Å². The van der Waals surface area contributed by atoms with Crippen molar-refractivity contribution >= 4 is 52.2 Å². The summed E-state index contributed by atoms with van der Waals surface area (Å²) in [7, 11) is 0. The number of carboxylic acid groups (broad SMARTS) is 1. The van der Waals surface area contributed by atoms with Crippen LogP contribution in [0.5, 0.6) is 0 Å². The molecule has 0 aliphatic carbocycles. The van der Waals surface area contributed by atoms with Crippen LogP contribution in [0.4, 0.5) is 5.69 Å². The van der Waals surface area contributed by atoms with Crippen LogP contribution in [0.1, 0.15) is 32.9 Å². The van der Waals surface area contributed by atoms with Crippen molar-refractivity contribution in [2.45, 2.75) is 20.8 Å². The van der Waals surface area contributed by atoms with E-state index in [1.165, 1.54) is 11.8 Å². The number of thioether (sulfide) groups is 1. The zero-order valence-electron chi connectivity index (χ0n) is 17.6. The minimum Gasteiger partial charge on any atom is -0.478 e. The third kappa shape index (κ3) is 4.35. The van der Waals surface area contributed by atoms with E-state index in [2.05, 4.69) is 10.3 Å². The first-order chi connectivity index (χ1) is 15.2. The highest BCUT2D eigenvalue weighted by Gasteiger charge is 2.25. The fourth-order valence-corrected chi connectivity index (χ4v) is 4.61. The molecule has 1 fully saturated rings. The molecular weight excluding hydrogens is 446 g/mol. The summed E-state index contributed by atoms with van der Waals surface area (Å²) in [6, 6.07) is 14.6. The Balaban J connectivity index is 1.67. The maximum Gasteiger partial charge on any atom is 0.337 e. The third-order valence-corrected chi connectivity index (χ3v) is 6.32. The van der Waals surface area contributed by atoms with Crippen LogP contribution < -0.4 is 5.32 Å². The van der Waals surface area contributed by atoms with Crippen LogP contribution in [-0.2, 0) is 4.79 Å². The maximum atomic E-state index is 12.5. The molecular formula is C24H20ClN3O3S. The molecule has 1 aliphatic rings. The van der Waals surface area contributed by atoms with E-state index in [0.29, 0.717) is 15.8 Å². The third-order valence-electron chi connectivity index (χ3n) is 5.08. The molecule has 0 atom stereocenters. The minimum absolute atomic E-state index is 0.0410. The van der Waals surface area contributed by atoms with Crippen LogP contribution in [0.15, 0.2) is 58.4 Å². The highest BCUT2D eigenvalue weighted by molar-refractivity contribution is 8.18. The largest absolute Gasteiger partial charge is 0.478 e. The van der Waals surface area contributed by atoms with Gasteiger partial charge in [-0.15, -0.1) is 0 Å². The number of aromatic carboxylic acids is 1. The van der Waals surface area contributed by atoms with Gasteiger partial charge in [-0.25, -0.2) is 9.79 Å². The molecule has 162 valence electrons. The number of hydrogen-bond acceptors (Lipinski definition) is 4. The summed E-state index contributed by atoms with van der Waals surface area (Å²) in [6.07, 6.45) is 1.83. The fourth-order valence-electron chi connectivity index (χ4n) is 3.58. The monoisotopic (exact) mass is 465 g/mol. The number of benzene rings is 2. The molecule has 3 aromatic rings. The number of amidine groups is 1. The second kappa shape index (κ2) is 8.68. The number of halogens is 1. The first-order valence-electron chi connectivity index (χ1n) is 9.81. The first-order valence-corrected chi connectivity index (χ1v) is 11.0. The van der Waals surface area contributed by atoms with E-state index >= 15 is 0 Å². The van der Waals surface area contributed by atoms with E-state index in [1.807, 2.05) is 61.7 Å². The van der Waals surface area contributed by atoms with E-state index < -0.39 is 5.97 Å². The van der Waals surface area contributed by atoms with Gasteiger partial charge < -0.3 is 15.0 Å². The fraction of sp³-hybridized carbons (Fsp3) is 0.125. The van der Waals surface area contributed by atoms with E-state index in [1.54, 1.807) is 18.2 Å². The molecule has 1 amide bonds. The molecule has 4 rings (SSSR count). The number of nitrogens with zero attached hydrogens (tertiary/aromatic N) is 2. The molecule has 0 unspecified atom stereocenters. The van der Waals surface area contributed by atoms with Gasteiger partial charge in [0.05, 0.1) is 21.2 Å². The Hall–Kier alpha value is -3.29. The van der Waals surface area contributed by atoms with Gasteiger partial charge in [-0.3, -0.25) is 4.79 Å². The molecule has 1 aliphatic heterocycles. The van der Waals surface area contributed by atoms with Crippen molar-refractivity contribution in [2.24, 2.45) is 4.99 Å². The minimum atomic E-state index is -1.08. The molecule has 1 saturated heterocycles. The molecule has 2 N–H and O–H groups in total. The summed E-state index contributed by atoms with van der Waals surface area (Å²) in [5.74, 6) is -1.29. The predicted molar refractivity (Wildman–Crippen MR) is 129 cm³/mol. The molecule has 2 aromatic carbocycles. The van der Waals surface area contributed by atoms with Crippen molar-refractivity contribution < 1.29 is 14.7 Å². The molecule has 0 bridgehead atoms. The van der Waals surface area contributed by atoms with Gasteiger partial charge in [-0.2, -0.15) is 0 Å². The molecule has 32 heavy (non-hydrogen) atoms. The van der Waals surface area contributed by atoms with Crippen molar-refractivity contribution in [3.8, 4) is 5.69 Å². The standard InChI is InChI=1S/C24H20ClN3O3S/c1-13-5-4-6-17(9-13)26-24-27-22(29)21(32-24)11-16-10-14(2)28(15(16)3)18-7-8-20(25)19(12-18)23(30)31/h4-12H,1-3H3,(H,30,31)(H,26,27,29)/b21-11-. The number of hydrogen-bond donors (Lipinski definition) is 2. The molecule has 0 radical (unpaired) electrons. The van der Waals surface area contributed by atoms with Crippen LogP contribution in [0.25, 0.3) is 11.8 Å². The van der Waals surface area contributed by atoms with Crippen molar-refractivity contribution in [2.75, 3.05) is 0 Å². The van der Waals surface area contributed by atoms with Crippen LogP contribution in [0.2, 0.25) is 5.02 Å². The van der Waals surface area contributed by atoms with Crippen LogP contribution in [0.3, 0.4) is 0 Å². The number of carboxylic acids is 1. The van der Waals surface area contributed by atoms with Crippen molar-refractivity contribution in [3.63, 3.8) is 0 Å². The van der Waals surface area contributed by atoms with E-state index in [9.17, 15) is 14.7 Å². The van der Waals surface area contributed by atoms with Crippen LogP contribution >= 0.6 is 23.4 Å². The highest BCUT2D eigenvalue weighted by Crippen LogP contribution is 2.31. The number of carbonyl (C=O) groups excluding carboxylic acids is 1. The summed E-state index contributed by atoms with van der Waals surface area (Å²) in [6.45, 7) is 5.84. The van der Waals surface area contributed by atoms with Crippen molar-refractivity contribution in [3.05, 3.63) is 86.5 Å². The second-order valence-corrected chi connectivity index (χ2v) is 8.89. The topological polar surface area (TPSA) is 83.7 Å². The van der Waals surface area contributed by atoms with Crippen LogP contribution in [0, 0.1) is 20.8 Å². The number of aryl methyl sites for hydroxylation is 2. The lowest BCUT2D eigenvalue weighted by Crippen LogP contribution is -2.19. The smallest absolute Gasteiger partial charge is 0.337 e. The molecule has 1 aromatic heterocycles. The summed E-state index contributed by atoms with van der Waals surface area (Å²) in [5, 5.41) is 12.9. The number of aromatic nitrogens is 1. The van der Waals surface area contributed by atoms with Gasteiger partial charge in [0.1, 0.15) is 0 Å². The zero-order valence-corrected chi connectivity index (χ0v) is 19.2. The molecule has 6 nitrogen and oxygen atoms in total. The summed E-state index contributed by atoms with van der Waals surface area (Å²) in [5.41, 5.74) is 5.26. The van der Waals surface area contributed by atoms with Gasteiger partial charge in [-0.05, 0) is 86.1 Å². The predicted octanol–water partition coefficient (Wildman–Crippen LogP) is 5.65. The lowest BCUT2D eigenvalue weighted by atomic mass is 10.2. The molecule has 0 spiro atoms. The second-order valence-electron chi connectivity index (χ2n) is 7.45. The van der Waals surface area contributed by atoms with Gasteiger partial charge in [0.25, 0.3) is 5.91 Å². The Morgan fingerprint density at radius 3 is 2.66 bits per heavy atom. The molecule has 0 saturated carbocycles. The van der Waals surface area contributed by atoms with Gasteiger partial charge in [0.2, 0.25) is 0 Å². The molecule has 2 heterocycles. The van der Waals surface area contributed by atoms with E-state index in [-0.39, 0.29) is 16.5 Å². The first kappa shape index (κ1) is 21.9. The average Bonchev–Trinajstić information content (AvgIpc) is 3.20. The van der Waals surface area contributed by atoms with Crippen LogP contribution in [-0.4, -0.2) is 26.7 Å². The Kier molecular flexibility index (Phi) is 5.95. The quantitative estimate of drug-likeness (QED) is 0.488. The van der Waals surface area contributed by atoms with Crippen molar-refractivity contribution in [1.82, 2.24) is 9.88 Å². The van der Waals surface area contributed by atoms with E-state index in [0.717, 1.165) is 28.2 Å². The zero-order chi connectivity index (χ0) is 23.0. The lowest BCUT2D eigenvalue weighted by molar-refractivity contribution is -0.115. The van der Waals surface area contributed by atoms with E-state index in [4.69, 9.17) is 11.6 Å². The molecule has 8 heteroatoms. The summed E-state index contributed by atoms with van der Waals surface area (Å²) in [4.78, 5) is 29.0. The number of carbonyl (C=O) groups is 2. The number of aliphatic imine (C=N–C) groups is 1. The SMILES string of the molecule is Cc1cccc(N=C2NC(=O)/C(=C/c3cc(C)n(-c4ccc(Cl)c(C(=O)O)c4)c3C)S2)c1. The van der Waals surface area contributed by atoms with Gasteiger partial charge in [0, 0.05) is 17.1 Å². The highest BCUT2D eigenvalue weighted by atomic mass is 35.5.